The highest BCUT2D eigenvalue weighted by molar-refractivity contribution is 5.84. The lowest BCUT2D eigenvalue weighted by molar-refractivity contribution is 0.185. The molecule has 0 saturated heterocycles. The second-order valence-electron chi connectivity index (χ2n) is 3.95. The summed E-state index contributed by atoms with van der Waals surface area (Å²) < 4.78 is 5.11. The molecule has 0 amide bonds. The van der Waals surface area contributed by atoms with E-state index in [1.165, 1.54) is 22.6 Å². The molecule has 88 valence electrons. The second kappa shape index (κ2) is 5.46. The monoisotopic (exact) mass is 229 g/mol. The Morgan fingerprint density at radius 1 is 1.12 bits per heavy atom. The van der Waals surface area contributed by atoms with Gasteiger partial charge in [-0.3, -0.25) is 0 Å². The summed E-state index contributed by atoms with van der Waals surface area (Å²) in [5, 5.41) is 13.8. The van der Waals surface area contributed by atoms with E-state index in [0.717, 1.165) is 5.56 Å². The first kappa shape index (κ1) is 11.6. The maximum Gasteiger partial charge on any atom is 0.0713 e. The van der Waals surface area contributed by atoms with Gasteiger partial charge >= 0.3 is 0 Å². The average molecular weight is 229 g/mol. The molecule has 0 saturated carbocycles. The Balaban J connectivity index is 2.32. The first-order valence-electron chi connectivity index (χ1n) is 5.50. The zero-order chi connectivity index (χ0) is 12.1. The Morgan fingerprint density at radius 2 is 1.76 bits per heavy atom. The molecule has 0 fully saturated rings. The number of nitrogens with zero attached hydrogens (tertiary/aromatic N) is 1. The van der Waals surface area contributed by atoms with E-state index >= 15 is 0 Å². The van der Waals surface area contributed by atoms with Crippen LogP contribution in [0, 0.1) is 0 Å². The Hall–Kier alpha value is -1.87. The Kier molecular flexibility index (Phi) is 3.73. The molecular weight excluding hydrogens is 214 g/mol. The number of fused-ring (bicyclic) bond motifs is 1. The van der Waals surface area contributed by atoms with Crippen molar-refractivity contribution in [2.75, 3.05) is 7.11 Å². The minimum Gasteiger partial charge on any atom is -0.411 e. The highest BCUT2D eigenvalue weighted by Gasteiger charge is 1.98. The molecule has 0 aliphatic carbocycles. The van der Waals surface area contributed by atoms with Crippen LogP contribution < -0.4 is 0 Å². The summed E-state index contributed by atoms with van der Waals surface area (Å²) >= 11 is 0. The maximum absolute atomic E-state index is 8.39. The smallest absolute Gasteiger partial charge is 0.0713 e. The van der Waals surface area contributed by atoms with Gasteiger partial charge in [-0.05, 0) is 28.0 Å². The van der Waals surface area contributed by atoms with Crippen molar-refractivity contribution in [1.82, 2.24) is 0 Å². The lowest BCUT2D eigenvalue weighted by Gasteiger charge is -2.04. The first-order chi connectivity index (χ1) is 8.33. The Bertz CT molecular complexity index is 535. The summed E-state index contributed by atoms with van der Waals surface area (Å²) in [6.45, 7) is 0.634. The molecule has 3 heteroatoms. The van der Waals surface area contributed by atoms with Gasteiger partial charge < -0.3 is 9.94 Å². The summed E-state index contributed by atoms with van der Waals surface area (Å²) in [6, 6.07) is 12.5. The van der Waals surface area contributed by atoms with Gasteiger partial charge in [-0.15, -0.1) is 5.16 Å². The predicted octanol–water partition coefficient (Wildman–Crippen LogP) is 2.99. The Morgan fingerprint density at radius 3 is 2.41 bits per heavy atom. The van der Waals surface area contributed by atoms with Crippen LogP contribution in [0.3, 0.4) is 0 Å². The highest BCUT2D eigenvalue weighted by Crippen LogP contribution is 2.18. The minimum atomic E-state index is 0.634. The third kappa shape index (κ3) is 2.82. The molecule has 0 bridgehead atoms. The van der Waals surface area contributed by atoms with Gasteiger partial charge in [-0.2, -0.15) is 0 Å². The molecule has 0 heterocycles. The molecule has 0 unspecified atom stereocenters. The fourth-order valence-electron chi connectivity index (χ4n) is 1.87. The molecule has 2 aromatic rings. The van der Waals surface area contributed by atoms with Crippen molar-refractivity contribution < 1.29 is 9.94 Å². The van der Waals surface area contributed by atoms with Crippen LogP contribution in [0.15, 0.2) is 41.6 Å². The van der Waals surface area contributed by atoms with Gasteiger partial charge in [0, 0.05) is 19.7 Å². The number of hydrogen-bond donors (Lipinski definition) is 1. The number of benzene rings is 2. The summed E-state index contributed by atoms with van der Waals surface area (Å²) in [6.07, 6.45) is 2.13. The number of methoxy groups -OCH3 is 1. The van der Waals surface area contributed by atoms with Crippen LogP contribution in [0.2, 0.25) is 0 Å². The van der Waals surface area contributed by atoms with Gasteiger partial charge in [0.15, 0.2) is 0 Å². The van der Waals surface area contributed by atoms with Crippen molar-refractivity contribution in [2.45, 2.75) is 13.0 Å². The van der Waals surface area contributed by atoms with Crippen LogP contribution >= 0.6 is 0 Å². The number of ether oxygens (including phenoxy) is 1. The van der Waals surface area contributed by atoms with Crippen molar-refractivity contribution in [3.05, 3.63) is 47.5 Å². The Labute approximate surface area is 100 Å². The van der Waals surface area contributed by atoms with E-state index < -0.39 is 0 Å². The number of hydrogen-bond acceptors (Lipinski definition) is 3. The van der Waals surface area contributed by atoms with E-state index in [2.05, 4.69) is 35.5 Å². The molecule has 2 rings (SSSR count). The number of oxime groups is 1. The molecule has 0 atom stereocenters. The van der Waals surface area contributed by atoms with E-state index in [1.807, 2.05) is 6.07 Å². The van der Waals surface area contributed by atoms with Gasteiger partial charge in [0.1, 0.15) is 0 Å². The fourth-order valence-corrected chi connectivity index (χ4v) is 1.87. The molecule has 0 spiro atoms. The van der Waals surface area contributed by atoms with Crippen LogP contribution in [0.1, 0.15) is 11.1 Å². The van der Waals surface area contributed by atoms with Crippen LogP contribution in [-0.2, 0) is 17.8 Å². The van der Waals surface area contributed by atoms with E-state index in [0.29, 0.717) is 13.0 Å². The van der Waals surface area contributed by atoms with E-state index in [-0.39, 0.29) is 0 Å². The van der Waals surface area contributed by atoms with Crippen LogP contribution in [-0.4, -0.2) is 18.5 Å². The van der Waals surface area contributed by atoms with Crippen molar-refractivity contribution in [3.8, 4) is 0 Å². The molecule has 1 N–H and O–H groups in total. The predicted molar refractivity (Wildman–Crippen MR) is 68.6 cm³/mol. The van der Waals surface area contributed by atoms with Gasteiger partial charge in [0.05, 0.1) is 6.61 Å². The summed E-state index contributed by atoms with van der Waals surface area (Å²) in [5.41, 5.74) is 2.31. The standard InChI is InChI=1S/C14H15NO2/c1-17-10-12-3-5-13-8-11(6-7-15-16)2-4-14(13)9-12/h2-5,7-9,16H,6,10H2,1H3/b15-7+. The molecule has 0 aromatic heterocycles. The maximum atomic E-state index is 8.39. The topological polar surface area (TPSA) is 41.8 Å². The quantitative estimate of drug-likeness (QED) is 0.497. The molecule has 0 radical (unpaired) electrons. The second-order valence-corrected chi connectivity index (χ2v) is 3.95. The molecular formula is C14H15NO2. The molecule has 3 nitrogen and oxygen atoms in total. The van der Waals surface area contributed by atoms with E-state index in [1.54, 1.807) is 7.11 Å². The summed E-state index contributed by atoms with van der Waals surface area (Å²) in [5.74, 6) is 0. The van der Waals surface area contributed by atoms with E-state index in [4.69, 9.17) is 9.94 Å². The normalized spacial score (nSPS) is 11.4. The number of rotatable bonds is 4. The lowest BCUT2D eigenvalue weighted by atomic mass is 10.0. The van der Waals surface area contributed by atoms with Crippen LogP contribution in [0.25, 0.3) is 10.8 Å². The lowest BCUT2D eigenvalue weighted by Crippen LogP contribution is -1.89. The van der Waals surface area contributed by atoms with Crippen molar-refractivity contribution >= 4 is 17.0 Å². The molecule has 0 aliphatic rings. The first-order valence-corrected chi connectivity index (χ1v) is 5.50. The zero-order valence-electron chi connectivity index (χ0n) is 9.76. The molecule has 2 aromatic carbocycles. The largest absolute Gasteiger partial charge is 0.411 e. The van der Waals surface area contributed by atoms with Gasteiger partial charge in [0.25, 0.3) is 0 Å². The van der Waals surface area contributed by atoms with Gasteiger partial charge in [0.2, 0.25) is 0 Å². The summed E-state index contributed by atoms with van der Waals surface area (Å²) in [4.78, 5) is 0. The third-order valence-electron chi connectivity index (χ3n) is 2.69. The average Bonchev–Trinajstić information content (AvgIpc) is 2.36. The van der Waals surface area contributed by atoms with Gasteiger partial charge in [-0.1, -0.05) is 30.3 Å². The van der Waals surface area contributed by atoms with Crippen molar-refractivity contribution in [3.63, 3.8) is 0 Å². The SMILES string of the molecule is COCc1ccc2cc(C/C=N/O)ccc2c1. The minimum absolute atomic E-state index is 0.634. The van der Waals surface area contributed by atoms with Crippen LogP contribution in [0.4, 0.5) is 0 Å². The highest BCUT2D eigenvalue weighted by atomic mass is 16.5. The molecule has 17 heavy (non-hydrogen) atoms. The van der Waals surface area contributed by atoms with E-state index in [9.17, 15) is 0 Å². The van der Waals surface area contributed by atoms with Crippen molar-refractivity contribution in [2.24, 2.45) is 5.16 Å². The van der Waals surface area contributed by atoms with Crippen molar-refractivity contribution in [1.29, 1.82) is 0 Å². The zero-order valence-corrected chi connectivity index (χ0v) is 9.76. The molecule has 0 aliphatic heterocycles. The third-order valence-corrected chi connectivity index (χ3v) is 2.69. The summed E-state index contributed by atoms with van der Waals surface area (Å²) in [7, 11) is 1.70. The fraction of sp³-hybridized carbons (Fsp3) is 0.214. The van der Waals surface area contributed by atoms with Crippen LogP contribution in [0.5, 0.6) is 0 Å². The van der Waals surface area contributed by atoms with Gasteiger partial charge in [-0.25, -0.2) is 0 Å².